The van der Waals surface area contributed by atoms with E-state index in [0.29, 0.717) is 22.9 Å². The molecule has 0 bridgehead atoms. The van der Waals surface area contributed by atoms with E-state index in [1.165, 1.54) is 12.1 Å². The standard InChI is InChI=1S/C25H25FN4O3/c26-20-6-3-18(4-7-20)2-1-13-29-14-10-21(11-15-29)30-24(9-12-27-30)28-25(31)19-5-8-22-23(16-19)33-17-32-22/h1-9,12,16,21H,10-11,13-15,17H2,(H,28,31). The van der Waals surface area contributed by atoms with E-state index < -0.39 is 0 Å². The monoisotopic (exact) mass is 448 g/mol. The number of anilines is 1. The first-order valence-corrected chi connectivity index (χ1v) is 11.0. The molecule has 0 aliphatic carbocycles. The number of likely N-dealkylation sites (tertiary alicyclic amines) is 1. The van der Waals surface area contributed by atoms with Crippen molar-refractivity contribution in [3.05, 3.63) is 77.7 Å². The maximum Gasteiger partial charge on any atom is 0.256 e. The maximum absolute atomic E-state index is 13.0. The van der Waals surface area contributed by atoms with Crippen LogP contribution in [0.5, 0.6) is 11.5 Å². The Hall–Kier alpha value is -3.65. The third-order valence-electron chi connectivity index (χ3n) is 5.99. The first-order chi connectivity index (χ1) is 16.2. The summed E-state index contributed by atoms with van der Waals surface area (Å²) in [5.74, 6) is 1.48. The Morgan fingerprint density at radius 2 is 1.88 bits per heavy atom. The van der Waals surface area contributed by atoms with Gasteiger partial charge in [-0.25, -0.2) is 9.07 Å². The fourth-order valence-electron chi connectivity index (χ4n) is 4.19. The van der Waals surface area contributed by atoms with E-state index in [2.05, 4.69) is 21.4 Å². The van der Waals surface area contributed by atoms with Crippen molar-refractivity contribution in [2.75, 3.05) is 31.7 Å². The Kier molecular flexibility index (Phi) is 6.08. The SMILES string of the molecule is O=C(Nc1ccnn1C1CCN(CC=Cc2ccc(F)cc2)CC1)c1ccc2c(c1)OCO2. The minimum atomic E-state index is -0.223. The van der Waals surface area contributed by atoms with Crippen LogP contribution < -0.4 is 14.8 Å². The highest BCUT2D eigenvalue weighted by molar-refractivity contribution is 6.04. The molecule has 0 atom stereocenters. The zero-order valence-electron chi connectivity index (χ0n) is 18.1. The summed E-state index contributed by atoms with van der Waals surface area (Å²) in [5, 5.41) is 7.45. The van der Waals surface area contributed by atoms with Gasteiger partial charge in [0, 0.05) is 31.3 Å². The van der Waals surface area contributed by atoms with E-state index in [0.717, 1.165) is 38.0 Å². The van der Waals surface area contributed by atoms with Gasteiger partial charge < -0.3 is 14.8 Å². The van der Waals surface area contributed by atoms with Crippen molar-refractivity contribution in [1.29, 1.82) is 0 Å². The number of amides is 1. The van der Waals surface area contributed by atoms with Crippen molar-refractivity contribution in [3.63, 3.8) is 0 Å². The number of carbonyl (C=O) groups is 1. The molecule has 2 aliphatic rings. The second kappa shape index (κ2) is 9.46. The molecule has 0 saturated carbocycles. The van der Waals surface area contributed by atoms with E-state index in [9.17, 15) is 9.18 Å². The van der Waals surface area contributed by atoms with Gasteiger partial charge >= 0.3 is 0 Å². The van der Waals surface area contributed by atoms with E-state index in [1.54, 1.807) is 36.5 Å². The Morgan fingerprint density at radius 1 is 1.09 bits per heavy atom. The highest BCUT2D eigenvalue weighted by atomic mass is 19.1. The molecule has 8 heteroatoms. The summed E-state index contributed by atoms with van der Waals surface area (Å²) in [6, 6.07) is 13.7. The Bertz CT molecular complexity index is 1150. The largest absolute Gasteiger partial charge is 0.454 e. The van der Waals surface area contributed by atoms with Crippen molar-refractivity contribution in [2.45, 2.75) is 18.9 Å². The zero-order chi connectivity index (χ0) is 22.6. The van der Waals surface area contributed by atoms with Crippen molar-refractivity contribution in [2.24, 2.45) is 0 Å². The molecular formula is C25H25FN4O3. The molecule has 3 aromatic rings. The second-order valence-electron chi connectivity index (χ2n) is 8.17. The number of rotatable bonds is 6. The molecule has 1 amide bonds. The topological polar surface area (TPSA) is 68.6 Å². The van der Waals surface area contributed by atoms with Gasteiger partial charge in [0.25, 0.3) is 5.91 Å². The molecule has 7 nitrogen and oxygen atoms in total. The van der Waals surface area contributed by atoms with Gasteiger partial charge in [-0.15, -0.1) is 0 Å². The minimum Gasteiger partial charge on any atom is -0.454 e. The van der Waals surface area contributed by atoms with Crippen LogP contribution in [0.25, 0.3) is 6.08 Å². The van der Waals surface area contributed by atoms with Gasteiger partial charge in [-0.3, -0.25) is 9.69 Å². The van der Waals surface area contributed by atoms with Crippen molar-refractivity contribution in [1.82, 2.24) is 14.7 Å². The number of aromatic nitrogens is 2. The summed E-state index contributed by atoms with van der Waals surface area (Å²) in [6.07, 6.45) is 7.73. The number of fused-ring (bicyclic) bond motifs is 1. The molecule has 1 aromatic heterocycles. The molecule has 1 fully saturated rings. The van der Waals surface area contributed by atoms with Crippen LogP contribution in [0.15, 0.2) is 60.8 Å². The predicted octanol–water partition coefficient (Wildman–Crippen LogP) is 4.35. The highest BCUT2D eigenvalue weighted by Gasteiger charge is 2.23. The first kappa shape index (κ1) is 21.2. The maximum atomic E-state index is 13.0. The van der Waals surface area contributed by atoms with Crippen LogP contribution >= 0.6 is 0 Å². The lowest BCUT2D eigenvalue weighted by molar-refractivity contribution is 0.102. The van der Waals surface area contributed by atoms with Crippen LogP contribution in [0, 0.1) is 5.82 Å². The third-order valence-corrected chi connectivity index (χ3v) is 5.99. The summed E-state index contributed by atoms with van der Waals surface area (Å²) in [7, 11) is 0. The van der Waals surface area contributed by atoms with E-state index >= 15 is 0 Å². The highest BCUT2D eigenvalue weighted by Crippen LogP contribution is 2.33. The van der Waals surface area contributed by atoms with Gasteiger partial charge in [-0.1, -0.05) is 24.3 Å². The van der Waals surface area contributed by atoms with E-state index in [4.69, 9.17) is 9.47 Å². The quantitative estimate of drug-likeness (QED) is 0.607. The van der Waals surface area contributed by atoms with Crippen LogP contribution in [-0.4, -0.2) is 47.0 Å². The number of benzene rings is 2. The fourth-order valence-corrected chi connectivity index (χ4v) is 4.19. The van der Waals surface area contributed by atoms with Gasteiger partial charge in [0.2, 0.25) is 6.79 Å². The minimum absolute atomic E-state index is 0.175. The van der Waals surface area contributed by atoms with Gasteiger partial charge in [0.1, 0.15) is 11.6 Å². The Balaban J connectivity index is 1.15. The number of ether oxygens (including phenoxy) is 2. The summed E-state index contributed by atoms with van der Waals surface area (Å²) < 4.78 is 25.6. The smallest absolute Gasteiger partial charge is 0.256 e. The lowest BCUT2D eigenvalue weighted by Crippen LogP contribution is -2.35. The van der Waals surface area contributed by atoms with Crippen LogP contribution in [0.2, 0.25) is 0 Å². The molecule has 0 radical (unpaired) electrons. The summed E-state index contributed by atoms with van der Waals surface area (Å²) in [6.45, 7) is 2.90. The molecular weight excluding hydrogens is 423 g/mol. The van der Waals surface area contributed by atoms with Gasteiger partial charge in [0.05, 0.1) is 12.2 Å². The lowest BCUT2D eigenvalue weighted by Gasteiger charge is -2.32. The molecule has 33 heavy (non-hydrogen) atoms. The summed E-state index contributed by atoms with van der Waals surface area (Å²) >= 11 is 0. The summed E-state index contributed by atoms with van der Waals surface area (Å²) in [4.78, 5) is 15.1. The van der Waals surface area contributed by atoms with Gasteiger partial charge in [-0.05, 0) is 48.7 Å². The van der Waals surface area contributed by atoms with Crippen molar-refractivity contribution in [3.8, 4) is 11.5 Å². The average molecular weight is 448 g/mol. The first-order valence-electron chi connectivity index (χ1n) is 11.0. The van der Waals surface area contributed by atoms with E-state index in [1.807, 2.05) is 16.8 Å². The molecule has 2 aliphatic heterocycles. The molecule has 1 N–H and O–H groups in total. The summed E-state index contributed by atoms with van der Waals surface area (Å²) in [5.41, 5.74) is 1.50. The number of nitrogens with one attached hydrogen (secondary N) is 1. The molecule has 170 valence electrons. The number of halogens is 1. The Labute approximate surface area is 191 Å². The zero-order valence-corrected chi connectivity index (χ0v) is 18.1. The van der Waals surface area contributed by atoms with E-state index in [-0.39, 0.29) is 24.6 Å². The number of hydrogen-bond acceptors (Lipinski definition) is 5. The van der Waals surface area contributed by atoms with Crippen LogP contribution in [0.4, 0.5) is 10.2 Å². The lowest BCUT2D eigenvalue weighted by atomic mass is 10.1. The fraction of sp³-hybridized carbons (Fsp3) is 0.280. The molecule has 2 aromatic carbocycles. The molecule has 3 heterocycles. The number of nitrogens with zero attached hydrogens (tertiary/aromatic N) is 3. The van der Waals surface area contributed by atoms with Crippen LogP contribution in [0.1, 0.15) is 34.8 Å². The predicted molar refractivity (Wildman–Crippen MR) is 123 cm³/mol. The van der Waals surface area contributed by atoms with Crippen molar-refractivity contribution >= 4 is 17.8 Å². The average Bonchev–Trinajstić information content (AvgIpc) is 3.50. The molecule has 5 rings (SSSR count). The second-order valence-corrected chi connectivity index (χ2v) is 8.17. The van der Waals surface area contributed by atoms with Crippen LogP contribution in [-0.2, 0) is 0 Å². The normalized spacial score (nSPS) is 16.4. The van der Waals surface area contributed by atoms with Crippen molar-refractivity contribution < 1.29 is 18.7 Å². The number of hydrogen-bond donors (Lipinski definition) is 1. The number of carbonyl (C=O) groups excluding carboxylic acids is 1. The molecule has 0 spiro atoms. The molecule has 1 saturated heterocycles. The van der Waals surface area contributed by atoms with Crippen LogP contribution in [0.3, 0.4) is 0 Å². The number of piperidine rings is 1. The van der Waals surface area contributed by atoms with Gasteiger partial charge in [0.15, 0.2) is 11.5 Å². The Morgan fingerprint density at radius 3 is 2.70 bits per heavy atom. The molecule has 0 unspecified atom stereocenters. The van der Waals surface area contributed by atoms with Gasteiger partial charge in [-0.2, -0.15) is 5.10 Å². The third kappa shape index (κ3) is 4.90.